The molecule has 1 atom stereocenters. The van der Waals surface area contributed by atoms with Crippen molar-refractivity contribution in [3.8, 4) is 5.69 Å². The zero-order valence-electron chi connectivity index (χ0n) is 12.5. The summed E-state index contributed by atoms with van der Waals surface area (Å²) in [5, 5.41) is 14.6. The molecule has 1 aliphatic heterocycles. The van der Waals surface area contributed by atoms with Crippen molar-refractivity contribution in [1.82, 2.24) is 25.1 Å². The number of tetrazole rings is 1. The monoisotopic (exact) mass is 336 g/mol. The minimum Gasteiger partial charge on any atom is -0.341 e. The predicted molar refractivity (Wildman–Crippen MR) is 89.7 cm³/mol. The minimum absolute atomic E-state index is 0.138. The molecular formula is C14H17ClN6S. The van der Waals surface area contributed by atoms with Gasteiger partial charge in [0.25, 0.3) is 0 Å². The molecule has 0 radical (unpaired) electrons. The lowest BCUT2D eigenvalue weighted by molar-refractivity contribution is 0.390. The lowest BCUT2D eigenvalue weighted by Crippen LogP contribution is -2.29. The molecule has 0 N–H and O–H groups in total. The highest BCUT2D eigenvalue weighted by atomic mass is 35.5. The molecule has 0 unspecified atom stereocenters. The quantitative estimate of drug-likeness (QED) is 0.623. The second-order valence-electron chi connectivity index (χ2n) is 4.98. The second-order valence-corrected chi connectivity index (χ2v) is 6.19. The van der Waals surface area contributed by atoms with E-state index < -0.39 is 0 Å². The van der Waals surface area contributed by atoms with Crippen molar-refractivity contribution in [2.24, 2.45) is 4.99 Å². The van der Waals surface area contributed by atoms with Crippen LogP contribution in [0.2, 0.25) is 5.02 Å². The van der Waals surface area contributed by atoms with Gasteiger partial charge in [0.1, 0.15) is 0 Å². The molecule has 8 heteroatoms. The normalized spacial score (nSPS) is 19.0. The molecule has 0 aliphatic carbocycles. The van der Waals surface area contributed by atoms with Crippen molar-refractivity contribution in [3.63, 3.8) is 0 Å². The maximum atomic E-state index is 6.01. The fraction of sp³-hybridized carbons (Fsp3) is 0.429. The van der Waals surface area contributed by atoms with E-state index >= 15 is 0 Å². The van der Waals surface area contributed by atoms with E-state index in [1.54, 1.807) is 11.8 Å². The number of aromatic nitrogens is 4. The molecule has 22 heavy (non-hydrogen) atoms. The number of hydrogen-bond donors (Lipinski definition) is 0. The molecule has 0 saturated carbocycles. The molecule has 3 rings (SSSR count). The SMILES string of the molecule is C/N=C(\SC)N1CCC[C@@H]1c1nnn(-c2cccc(Cl)c2)n1. The van der Waals surface area contributed by atoms with Gasteiger partial charge in [-0.3, -0.25) is 4.99 Å². The van der Waals surface area contributed by atoms with Crippen molar-refractivity contribution in [1.29, 1.82) is 0 Å². The van der Waals surface area contributed by atoms with Gasteiger partial charge < -0.3 is 4.90 Å². The number of likely N-dealkylation sites (tertiary alicyclic amines) is 1. The zero-order valence-corrected chi connectivity index (χ0v) is 14.0. The second kappa shape index (κ2) is 6.66. The van der Waals surface area contributed by atoms with E-state index in [0.717, 1.165) is 36.1 Å². The van der Waals surface area contributed by atoms with Crippen molar-refractivity contribution in [2.45, 2.75) is 18.9 Å². The molecule has 1 aliphatic rings. The highest BCUT2D eigenvalue weighted by molar-refractivity contribution is 8.13. The number of nitrogens with zero attached hydrogens (tertiary/aromatic N) is 6. The standard InChI is InChI=1S/C14H17ClN6S/c1-16-14(22-2)20-8-4-7-12(20)13-17-19-21(18-13)11-6-3-5-10(15)9-11/h3,5-6,9,12H,4,7-8H2,1-2H3/b16-14-/t12-/m1/s1. The number of amidine groups is 1. The van der Waals surface area contributed by atoms with Crippen LogP contribution in [0.15, 0.2) is 29.3 Å². The van der Waals surface area contributed by atoms with Crippen LogP contribution in [0.4, 0.5) is 0 Å². The average Bonchev–Trinajstić information content (AvgIpc) is 3.17. The third kappa shape index (κ3) is 2.96. The van der Waals surface area contributed by atoms with E-state index in [4.69, 9.17) is 11.6 Å². The van der Waals surface area contributed by atoms with Crippen LogP contribution in [0.1, 0.15) is 24.7 Å². The predicted octanol–water partition coefficient (Wildman–Crippen LogP) is 2.80. The van der Waals surface area contributed by atoms with Crippen LogP contribution in [0, 0.1) is 0 Å². The van der Waals surface area contributed by atoms with Gasteiger partial charge in [-0.25, -0.2) is 0 Å². The van der Waals surface area contributed by atoms with Crippen molar-refractivity contribution < 1.29 is 0 Å². The Balaban J connectivity index is 1.87. The molecular weight excluding hydrogens is 320 g/mol. The highest BCUT2D eigenvalue weighted by Crippen LogP contribution is 2.31. The van der Waals surface area contributed by atoms with Crippen LogP contribution in [-0.4, -0.2) is 50.1 Å². The number of rotatable bonds is 2. The molecule has 2 aromatic rings. The van der Waals surface area contributed by atoms with E-state index in [2.05, 4.69) is 25.3 Å². The topological polar surface area (TPSA) is 59.2 Å². The summed E-state index contributed by atoms with van der Waals surface area (Å²) in [6.07, 6.45) is 4.16. The summed E-state index contributed by atoms with van der Waals surface area (Å²) in [6.45, 7) is 0.976. The first kappa shape index (κ1) is 15.3. The molecule has 0 spiro atoms. The smallest absolute Gasteiger partial charge is 0.197 e. The largest absolute Gasteiger partial charge is 0.341 e. The molecule has 0 bridgehead atoms. The van der Waals surface area contributed by atoms with Crippen LogP contribution in [0.25, 0.3) is 5.69 Å². The van der Waals surface area contributed by atoms with Gasteiger partial charge in [-0.05, 0) is 42.5 Å². The lowest BCUT2D eigenvalue weighted by Gasteiger charge is -2.24. The van der Waals surface area contributed by atoms with Crippen molar-refractivity contribution >= 4 is 28.5 Å². The van der Waals surface area contributed by atoms with E-state index in [9.17, 15) is 0 Å². The van der Waals surface area contributed by atoms with Crippen LogP contribution in [-0.2, 0) is 0 Å². The van der Waals surface area contributed by atoms with Gasteiger partial charge in [-0.15, -0.1) is 15.0 Å². The first-order valence-corrected chi connectivity index (χ1v) is 8.66. The summed E-state index contributed by atoms with van der Waals surface area (Å²) in [7, 11) is 1.82. The number of benzene rings is 1. The van der Waals surface area contributed by atoms with Crippen LogP contribution in [0.3, 0.4) is 0 Å². The van der Waals surface area contributed by atoms with Gasteiger partial charge in [0.05, 0.1) is 11.7 Å². The number of aliphatic imine (C=N–C) groups is 1. The van der Waals surface area contributed by atoms with Crippen molar-refractivity contribution in [2.75, 3.05) is 19.8 Å². The Morgan fingerprint density at radius 2 is 2.32 bits per heavy atom. The highest BCUT2D eigenvalue weighted by Gasteiger charge is 2.31. The molecule has 1 saturated heterocycles. The molecule has 6 nitrogen and oxygen atoms in total. The van der Waals surface area contributed by atoms with Gasteiger partial charge >= 0.3 is 0 Å². The summed E-state index contributed by atoms with van der Waals surface area (Å²) >= 11 is 7.66. The van der Waals surface area contributed by atoms with Gasteiger partial charge in [0, 0.05) is 18.6 Å². The summed E-state index contributed by atoms with van der Waals surface area (Å²) in [5.74, 6) is 0.729. The van der Waals surface area contributed by atoms with Crippen molar-refractivity contribution in [3.05, 3.63) is 35.1 Å². The molecule has 2 heterocycles. The Hall–Kier alpha value is -1.60. The van der Waals surface area contributed by atoms with Gasteiger partial charge in [-0.1, -0.05) is 29.4 Å². The third-order valence-electron chi connectivity index (χ3n) is 3.64. The Kier molecular flexibility index (Phi) is 4.63. The Morgan fingerprint density at radius 1 is 1.45 bits per heavy atom. The number of halogens is 1. The van der Waals surface area contributed by atoms with Gasteiger partial charge in [0.2, 0.25) is 0 Å². The Morgan fingerprint density at radius 3 is 3.05 bits per heavy atom. The number of thioether (sulfide) groups is 1. The summed E-state index contributed by atoms with van der Waals surface area (Å²) in [5.41, 5.74) is 0.810. The van der Waals surface area contributed by atoms with Crippen LogP contribution < -0.4 is 0 Å². The average molecular weight is 337 g/mol. The minimum atomic E-state index is 0.138. The maximum Gasteiger partial charge on any atom is 0.197 e. The maximum absolute atomic E-state index is 6.01. The first-order valence-electron chi connectivity index (χ1n) is 7.06. The van der Waals surface area contributed by atoms with Gasteiger partial charge in [-0.2, -0.15) is 0 Å². The summed E-state index contributed by atoms with van der Waals surface area (Å²) < 4.78 is 0. The fourth-order valence-electron chi connectivity index (χ4n) is 2.67. The molecule has 1 fully saturated rings. The summed E-state index contributed by atoms with van der Waals surface area (Å²) in [4.78, 5) is 8.13. The number of hydrogen-bond acceptors (Lipinski definition) is 5. The van der Waals surface area contributed by atoms with Gasteiger partial charge in [0.15, 0.2) is 11.0 Å². The Labute approximate surface area is 138 Å². The fourth-order valence-corrected chi connectivity index (χ4v) is 3.49. The van der Waals surface area contributed by atoms with Crippen LogP contribution >= 0.6 is 23.4 Å². The first-order chi connectivity index (χ1) is 10.7. The molecule has 1 aromatic heterocycles. The molecule has 1 aromatic carbocycles. The van der Waals surface area contributed by atoms with E-state index in [1.165, 1.54) is 4.80 Å². The third-order valence-corrected chi connectivity index (χ3v) is 4.66. The molecule has 0 amide bonds. The van der Waals surface area contributed by atoms with E-state index in [1.807, 2.05) is 37.6 Å². The zero-order chi connectivity index (χ0) is 15.5. The van der Waals surface area contributed by atoms with Crippen LogP contribution in [0.5, 0.6) is 0 Å². The van der Waals surface area contributed by atoms with E-state index in [0.29, 0.717) is 5.02 Å². The van der Waals surface area contributed by atoms with E-state index in [-0.39, 0.29) is 6.04 Å². The lowest BCUT2D eigenvalue weighted by atomic mass is 10.2. The Bertz CT molecular complexity index is 685. The summed E-state index contributed by atoms with van der Waals surface area (Å²) in [6, 6.07) is 7.56. The molecule has 116 valence electrons.